The van der Waals surface area contributed by atoms with E-state index >= 15 is 0 Å². The summed E-state index contributed by atoms with van der Waals surface area (Å²) in [4.78, 5) is 4.32. The van der Waals surface area contributed by atoms with Crippen molar-refractivity contribution < 1.29 is 0 Å². The molecule has 0 aliphatic heterocycles. The molecule has 94 valence electrons. The Morgan fingerprint density at radius 3 is 2.88 bits per heavy atom. The third-order valence-electron chi connectivity index (χ3n) is 3.31. The Kier molecular flexibility index (Phi) is 5.01. The molecule has 1 aromatic rings. The SMILES string of the molecule is CNC/C(=C/c1ncc(Cl)s1)C1CCCCC1. The molecule has 0 amide bonds. The molecule has 1 heterocycles. The number of thiazole rings is 1. The van der Waals surface area contributed by atoms with E-state index in [2.05, 4.69) is 16.4 Å². The first-order valence-corrected chi connectivity index (χ1v) is 7.45. The highest BCUT2D eigenvalue weighted by atomic mass is 35.5. The highest BCUT2D eigenvalue weighted by molar-refractivity contribution is 7.16. The Hall–Kier alpha value is -0.380. The Bertz CT molecular complexity index is 381. The predicted octanol–water partition coefficient (Wildman–Crippen LogP) is 3.98. The van der Waals surface area contributed by atoms with Gasteiger partial charge in [0, 0.05) is 6.54 Å². The molecule has 2 rings (SSSR count). The van der Waals surface area contributed by atoms with Gasteiger partial charge < -0.3 is 5.32 Å². The van der Waals surface area contributed by atoms with Gasteiger partial charge in [-0.15, -0.1) is 11.3 Å². The van der Waals surface area contributed by atoms with Gasteiger partial charge in [-0.25, -0.2) is 4.98 Å². The van der Waals surface area contributed by atoms with Crippen LogP contribution in [0.4, 0.5) is 0 Å². The fraction of sp³-hybridized carbons (Fsp3) is 0.615. The minimum Gasteiger partial charge on any atom is -0.316 e. The van der Waals surface area contributed by atoms with Gasteiger partial charge in [-0.3, -0.25) is 0 Å². The van der Waals surface area contributed by atoms with Crippen LogP contribution in [-0.4, -0.2) is 18.6 Å². The summed E-state index contributed by atoms with van der Waals surface area (Å²) < 4.78 is 0.767. The van der Waals surface area contributed by atoms with E-state index in [0.717, 1.165) is 21.8 Å². The lowest BCUT2D eigenvalue weighted by Crippen LogP contribution is -2.19. The molecule has 0 radical (unpaired) electrons. The highest BCUT2D eigenvalue weighted by Gasteiger charge is 2.17. The van der Waals surface area contributed by atoms with Crippen LogP contribution < -0.4 is 5.32 Å². The van der Waals surface area contributed by atoms with Crippen LogP contribution in [0.25, 0.3) is 6.08 Å². The standard InChI is InChI=1S/C13H19ClN2S/c1-15-8-11(10-5-3-2-4-6-10)7-13-16-9-12(14)17-13/h7,9-10,15H,2-6,8H2,1H3/b11-7-. The second kappa shape index (κ2) is 6.53. The average Bonchev–Trinajstić information content (AvgIpc) is 2.75. The van der Waals surface area contributed by atoms with Gasteiger partial charge in [-0.2, -0.15) is 0 Å². The van der Waals surface area contributed by atoms with Crippen LogP contribution in [0.3, 0.4) is 0 Å². The van der Waals surface area contributed by atoms with Crippen LogP contribution in [0.5, 0.6) is 0 Å². The molecule has 1 aliphatic rings. The van der Waals surface area contributed by atoms with E-state index in [9.17, 15) is 0 Å². The Balaban J connectivity index is 2.12. The molecule has 4 heteroatoms. The van der Waals surface area contributed by atoms with Crippen LogP contribution in [-0.2, 0) is 0 Å². The van der Waals surface area contributed by atoms with Crippen molar-refractivity contribution in [1.29, 1.82) is 0 Å². The van der Waals surface area contributed by atoms with E-state index in [-0.39, 0.29) is 0 Å². The molecule has 0 unspecified atom stereocenters. The maximum Gasteiger partial charge on any atom is 0.117 e. The molecule has 1 fully saturated rings. The number of nitrogens with one attached hydrogen (secondary N) is 1. The van der Waals surface area contributed by atoms with Crippen molar-refractivity contribution in [2.45, 2.75) is 32.1 Å². The first-order chi connectivity index (χ1) is 8.29. The Morgan fingerprint density at radius 1 is 1.53 bits per heavy atom. The molecule has 0 atom stereocenters. The molecule has 0 aromatic carbocycles. The Morgan fingerprint density at radius 2 is 2.29 bits per heavy atom. The lowest BCUT2D eigenvalue weighted by molar-refractivity contribution is 0.398. The largest absolute Gasteiger partial charge is 0.316 e. The van der Waals surface area contributed by atoms with Gasteiger partial charge in [0.1, 0.15) is 9.34 Å². The topological polar surface area (TPSA) is 24.9 Å². The number of nitrogens with zero attached hydrogens (tertiary/aromatic N) is 1. The van der Waals surface area contributed by atoms with Crippen LogP contribution in [0.2, 0.25) is 4.34 Å². The lowest BCUT2D eigenvalue weighted by Gasteiger charge is -2.24. The number of hydrogen-bond acceptors (Lipinski definition) is 3. The fourth-order valence-electron chi connectivity index (χ4n) is 2.48. The number of aromatic nitrogens is 1. The molecule has 0 bridgehead atoms. The molecule has 1 aliphatic carbocycles. The second-order valence-corrected chi connectivity index (χ2v) is 6.28. The van der Waals surface area contributed by atoms with E-state index < -0.39 is 0 Å². The van der Waals surface area contributed by atoms with Crippen molar-refractivity contribution >= 4 is 29.0 Å². The van der Waals surface area contributed by atoms with Crippen molar-refractivity contribution in [3.8, 4) is 0 Å². The molecule has 0 saturated heterocycles. The average molecular weight is 271 g/mol. The summed E-state index contributed by atoms with van der Waals surface area (Å²) in [6.45, 7) is 0.960. The van der Waals surface area contributed by atoms with E-state index in [1.807, 2.05) is 7.05 Å². The minimum atomic E-state index is 0.735. The molecule has 2 nitrogen and oxygen atoms in total. The number of likely N-dealkylation sites (N-methyl/N-ethyl adjacent to an activating group) is 1. The van der Waals surface area contributed by atoms with Crippen LogP contribution in [0.1, 0.15) is 37.1 Å². The Labute approximate surface area is 112 Å². The first-order valence-electron chi connectivity index (χ1n) is 6.26. The van der Waals surface area contributed by atoms with E-state index in [1.54, 1.807) is 17.5 Å². The van der Waals surface area contributed by atoms with Gasteiger partial charge in [-0.05, 0) is 31.9 Å². The van der Waals surface area contributed by atoms with Crippen molar-refractivity contribution in [3.63, 3.8) is 0 Å². The summed E-state index contributed by atoms with van der Waals surface area (Å²) in [6, 6.07) is 0. The quantitative estimate of drug-likeness (QED) is 0.895. The predicted molar refractivity (Wildman–Crippen MR) is 75.6 cm³/mol. The number of halogens is 1. The lowest BCUT2D eigenvalue weighted by atomic mass is 9.83. The molecular weight excluding hydrogens is 252 g/mol. The van der Waals surface area contributed by atoms with Crippen molar-refractivity contribution in [3.05, 3.63) is 21.1 Å². The summed E-state index contributed by atoms with van der Waals surface area (Å²) in [6.07, 6.45) is 10.7. The zero-order valence-electron chi connectivity index (χ0n) is 10.2. The zero-order chi connectivity index (χ0) is 12.1. The smallest absolute Gasteiger partial charge is 0.117 e. The molecular formula is C13H19ClN2S. The summed E-state index contributed by atoms with van der Waals surface area (Å²) in [5.41, 5.74) is 1.48. The molecule has 1 aromatic heterocycles. The third kappa shape index (κ3) is 3.80. The highest BCUT2D eigenvalue weighted by Crippen LogP contribution is 2.31. The van der Waals surface area contributed by atoms with Crippen molar-refractivity contribution in [2.75, 3.05) is 13.6 Å². The zero-order valence-corrected chi connectivity index (χ0v) is 11.8. The van der Waals surface area contributed by atoms with E-state index in [4.69, 9.17) is 11.6 Å². The van der Waals surface area contributed by atoms with Gasteiger partial charge in [0.25, 0.3) is 0 Å². The van der Waals surface area contributed by atoms with Gasteiger partial charge in [0.05, 0.1) is 6.20 Å². The fourth-order valence-corrected chi connectivity index (χ4v) is 3.39. The van der Waals surface area contributed by atoms with Crippen LogP contribution in [0, 0.1) is 5.92 Å². The normalized spacial score (nSPS) is 18.6. The molecule has 1 saturated carbocycles. The first kappa shape index (κ1) is 13.1. The van der Waals surface area contributed by atoms with Crippen molar-refractivity contribution in [1.82, 2.24) is 10.3 Å². The van der Waals surface area contributed by atoms with Gasteiger partial charge in [0.2, 0.25) is 0 Å². The van der Waals surface area contributed by atoms with E-state index in [0.29, 0.717) is 0 Å². The minimum absolute atomic E-state index is 0.735. The molecule has 1 N–H and O–H groups in total. The molecule has 0 spiro atoms. The van der Waals surface area contributed by atoms with Crippen LogP contribution in [0.15, 0.2) is 11.8 Å². The summed E-state index contributed by atoms with van der Waals surface area (Å²) in [7, 11) is 2.01. The van der Waals surface area contributed by atoms with Crippen molar-refractivity contribution in [2.24, 2.45) is 5.92 Å². The van der Waals surface area contributed by atoms with E-state index in [1.165, 1.54) is 37.7 Å². The second-order valence-electron chi connectivity index (χ2n) is 4.59. The van der Waals surface area contributed by atoms with Gasteiger partial charge in [0.15, 0.2) is 0 Å². The summed E-state index contributed by atoms with van der Waals surface area (Å²) in [5.74, 6) is 0.735. The third-order valence-corrected chi connectivity index (χ3v) is 4.38. The maximum atomic E-state index is 5.92. The van der Waals surface area contributed by atoms with Crippen LogP contribution >= 0.6 is 22.9 Å². The monoisotopic (exact) mass is 270 g/mol. The molecule has 17 heavy (non-hydrogen) atoms. The maximum absolute atomic E-state index is 5.92. The van der Waals surface area contributed by atoms with Gasteiger partial charge >= 0.3 is 0 Å². The van der Waals surface area contributed by atoms with Gasteiger partial charge in [-0.1, -0.05) is 36.4 Å². The number of rotatable bonds is 4. The summed E-state index contributed by atoms with van der Waals surface area (Å²) in [5, 5.41) is 4.30. The summed E-state index contributed by atoms with van der Waals surface area (Å²) >= 11 is 7.47. The number of hydrogen-bond donors (Lipinski definition) is 1.